The SMILES string of the molecule is CCNCC1(c2cc3c(cc2C)OCCO3)COC1. The van der Waals surface area contributed by atoms with Gasteiger partial charge < -0.3 is 19.5 Å². The van der Waals surface area contributed by atoms with Gasteiger partial charge >= 0.3 is 0 Å². The number of nitrogens with one attached hydrogen (secondary N) is 1. The molecule has 104 valence electrons. The number of hydrogen-bond donors (Lipinski definition) is 1. The molecule has 0 atom stereocenters. The van der Waals surface area contributed by atoms with E-state index in [9.17, 15) is 0 Å². The second-order valence-corrected chi connectivity index (χ2v) is 5.36. The minimum Gasteiger partial charge on any atom is -0.486 e. The molecular weight excluding hydrogens is 242 g/mol. The van der Waals surface area contributed by atoms with Crippen LogP contribution in [-0.4, -0.2) is 39.5 Å². The predicted octanol–water partition coefficient (Wildman–Crippen LogP) is 1.64. The molecule has 0 saturated carbocycles. The van der Waals surface area contributed by atoms with E-state index in [0.29, 0.717) is 13.2 Å². The number of benzene rings is 1. The molecule has 19 heavy (non-hydrogen) atoms. The molecule has 1 N–H and O–H groups in total. The highest BCUT2D eigenvalue weighted by molar-refractivity contribution is 5.51. The predicted molar refractivity (Wildman–Crippen MR) is 73.2 cm³/mol. The first-order chi connectivity index (χ1) is 9.25. The van der Waals surface area contributed by atoms with Gasteiger partial charge in [0.2, 0.25) is 0 Å². The third-order valence-corrected chi connectivity index (χ3v) is 3.93. The molecule has 2 heterocycles. The lowest BCUT2D eigenvalue weighted by Crippen LogP contribution is -2.53. The highest BCUT2D eigenvalue weighted by atomic mass is 16.6. The van der Waals surface area contributed by atoms with Gasteiger partial charge in [-0.1, -0.05) is 6.92 Å². The molecule has 0 bridgehead atoms. The van der Waals surface area contributed by atoms with Gasteiger partial charge in [0.05, 0.1) is 18.6 Å². The minimum absolute atomic E-state index is 0.0932. The molecular formula is C15H21NO3. The van der Waals surface area contributed by atoms with E-state index >= 15 is 0 Å². The van der Waals surface area contributed by atoms with Gasteiger partial charge in [0.25, 0.3) is 0 Å². The van der Waals surface area contributed by atoms with Gasteiger partial charge in [-0.05, 0) is 36.7 Å². The fraction of sp³-hybridized carbons (Fsp3) is 0.600. The fourth-order valence-corrected chi connectivity index (χ4v) is 2.83. The van der Waals surface area contributed by atoms with E-state index < -0.39 is 0 Å². The number of aryl methyl sites for hydroxylation is 1. The van der Waals surface area contributed by atoms with Gasteiger partial charge in [-0.15, -0.1) is 0 Å². The molecule has 1 saturated heterocycles. The first-order valence-corrected chi connectivity index (χ1v) is 6.94. The molecule has 0 aliphatic carbocycles. The van der Waals surface area contributed by atoms with E-state index in [1.165, 1.54) is 11.1 Å². The van der Waals surface area contributed by atoms with Crippen molar-refractivity contribution in [2.75, 3.05) is 39.5 Å². The van der Waals surface area contributed by atoms with Gasteiger partial charge in [-0.3, -0.25) is 0 Å². The molecule has 4 heteroatoms. The summed E-state index contributed by atoms with van der Waals surface area (Å²) in [5.41, 5.74) is 2.67. The molecule has 0 spiro atoms. The molecule has 1 aromatic carbocycles. The average Bonchev–Trinajstić information content (AvgIpc) is 2.38. The van der Waals surface area contributed by atoms with Crippen molar-refractivity contribution in [2.24, 2.45) is 0 Å². The summed E-state index contributed by atoms with van der Waals surface area (Å²) in [5.74, 6) is 1.74. The number of ether oxygens (including phenoxy) is 3. The molecule has 4 nitrogen and oxygen atoms in total. The van der Waals surface area contributed by atoms with E-state index in [-0.39, 0.29) is 5.41 Å². The highest BCUT2D eigenvalue weighted by Crippen LogP contribution is 2.40. The van der Waals surface area contributed by atoms with Crippen LogP contribution in [0.25, 0.3) is 0 Å². The topological polar surface area (TPSA) is 39.7 Å². The molecule has 2 aliphatic rings. The number of hydrogen-bond acceptors (Lipinski definition) is 4. The Balaban J connectivity index is 1.94. The zero-order valence-electron chi connectivity index (χ0n) is 11.6. The minimum atomic E-state index is 0.0932. The van der Waals surface area contributed by atoms with Crippen molar-refractivity contribution < 1.29 is 14.2 Å². The van der Waals surface area contributed by atoms with Crippen molar-refractivity contribution in [3.05, 3.63) is 23.3 Å². The summed E-state index contributed by atoms with van der Waals surface area (Å²) in [6.45, 7) is 9.02. The largest absolute Gasteiger partial charge is 0.486 e. The van der Waals surface area contributed by atoms with Gasteiger partial charge in [-0.2, -0.15) is 0 Å². The van der Waals surface area contributed by atoms with Crippen LogP contribution in [0.2, 0.25) is 0 Å². The van der Waals surface area contributed by atoms with Crippen molar-refractivity contribution in [2.45, 2.75) is 19.3 Å². The third kappa shape index (κ3) is 2.19. The molecule has 1 aromatic rings. The Kier molecular flexibility index (Phi) is 3.37. The van der Waals surface area contributed by atoms with Crippen LogP contribution in [0.15, 0.2) is 12.1 Å². The molecule has 0 amide bonds. The van der Waals surface area contributed by atoms with Crippen LogP contribution in [0, 0.1) is 6.92 Å². The van der Waals surface area contributed by atoms with Crippen LogP contribution in [0.1, 0.15) is 18.1 Å². The van der Waals surface area contributed by atoms with Gasteiger partial charge in [-0.25, -0.2) is 0 Å². The lowest BCUT2D eigenvalue weighted by Gasteiger charge is -2.43. The van der Waals surface area contributed by atoms with Crippen molar-refractivity contribution >= 4 is 0 Å². The Bertz CT molecular complexity index is 469. The average molecular weight is 263 g/mol. The molecule has 1 fully saturated rings. The fourth-order valence-electron chi connectivity index (χ4n) is 2.83. The summed E-state index contributed by atoms with van der Waals surface area (Å²) in [6, 6.07) is 4.24. The van der Waals surface area contributed by atoms with Crippen molar-refractivity contribution in [1.29, 1.82) is 0 Å². The summed E-state index contributed by atoms with van der Waals surface area (Å²) in [5, 5.41) is 3.44. The summed E-state index contributed by atoms with van der Waals surface area (Å²) < 4.78 is 16.8. The van der Waals surface area contributed by atoms with E-state index in [1.807, 2.05) is 0 Å². The summed E-state index contributed by atoms with van der Waals surface area (Å²) >= 11 is 0. The highest BCUT2D eigenvalue weighted by Gasteiger charge is 2.41. The van der Waals surface area contributed by atoms with Crippen LogP contribution in [-0.2, 0) is 10.2 Å². The van der Waals surface area contributed by atoms with Gasteiger partial charge in [0, 0.05) is 6.54 Å². The summed E-state index contributed by atoms with van der Waals surface area (Å²) in [6.07, 6.45) is 0. The molecule has 0 radical (unpaired) electrons. The van der Waals surface area contributed by atoms with E-state index in [1.54, 1.807) is 0 Å². The summed E-state index contributed by atoms with van der Waals surface area (Å²) in [7, 11) is 0. The van der Waals surface area contributed by atoms with Crippen molar-refractivity contribution in [1.82, 2.24) is 5.32 Å². The lowest BCUT2D eigenvalue weighted by atomic mass is 9.76. The van der Waals surface area contributed by atoms with E-state index in [0.717, 1.165) is 37.8 Å². The lowest BCUT2D eigenvalue weighted by molar-refractivity contribution is -0.0592. The second kappa shape index (κ2) is 5.02. The van der Waals surface area contributed by atoms with E-state index in [4.69, 9.17) is 14.2 Å². The number of likely N-dealkylation sites (N-methyl/N-ethyl adjacent to an activating group) is 1. The standard InChI is InChI=1S/C15H21NO3/c1-3-16-8-15(9-17-10-15)12-7-14-13(6-11(12)2)18-4-5-19-14/h6-7,16H,3-5,8-10H2,1-2H3. The van der Waals surface area contributed by atoms with Crippen molar-refractivity contribution in [3.63, 3.8) is 0 Å². The van der Waals surface area contributed by atoms with Gasteiger partial charge in [0.15, 0.2) is 11.5 Å². The molecule has 0 unspecified atom stereocenters. The maximum atomic E-state index is 5.70. The molecule has 0 aromatic heterocycles. The first-order valence-electron chi connectivity index (χ1n) is 6.94. The summed E-state index contributed by atoms with van der Waals surface area (Å²) in [4.78, 5) is 0. The van der Waals surface area contributed by atoms with E-state index in [2.05, 4.69) is 31.3 Å². The zero-order valence-corrected chi connectivity index (χ0v) is 11.6. The first kappa shape index (κ1) is 12.8. The van der Waals surface area contributed by atoms with Crippen molar-refractivity contribution in [3.8, 4) is 11.5 Å². The Morgan fingerprint density at radius 1 is 1.16 bits per heavy atom. The smallest absolute Gasteiger partial charge is 0.161 e. The van der Waals surface area contributed by atoms with Crippen LogP contribution >= 0.6 is 0 Å². The second-order valence-electron chi connectivity index (χ2n) is 5.36. The Morgan fingerprint density at radius 3 is 2.42 bits per heavy atom. The number of fused-ring (bicyclic) bond motifs is 1. The van der Waals surface area contributed by atoms with Crippen LogP contribution < -0.4 is 14.8 Å². The zero-order chi connectivity index (χ0) is 13.3. The van der Waals surface area contributed by atoms with Crippen LogP contribution in [0.5, 0.6) is 11.5 Å². The Labute approximate surface area is 114 Å². The van der Waals surface area contributed by atoms with Crippen LogP contribution in [0.3, 0.4) is 0 Å². The van der Waals surface area contributed by atoms with Gasteiger partial charge in [0.1, 0.15) is 13.2 Å². The molecule has 2 aliphatic heterocycles. The maximum absolute atomic E-state index is 5.70. The Morgan fingerprint density at radius 2 is 1.84 bits per heavy atom. The maximum Gasteiger partial charge on any atom is 0.161 e. The third-order valence-electron chi connectivity index (χ3n) is 3.93. The Hall–Kier alpha value is -1.26. The number of rotatable bonds is 4. The quantitative estimate of drug-likeness (QED) is 0.896. The monoisotopic (exact) mass is 263 g/mol. The van der Waals surface area contributed by atoms with Crippen LogP contribution in [0.4, 0.5) is 0 Å². The molecule has 3 rings (SSSR count). The normalized spacial score (nSPS) is 19.9.